The number of aliphatic hydroxyl groups is 1. The second kappa shape index (κ2) is 12.3. The third kappa shape index (κ3) is 5.01. The molecule has 2 atom stereocenters. The molecule has 0 bridgehead atoms. The van der Waals surface area contributed by atoms with Gasteiger partial charge in [0.15, 0.2) is 0 Å². The van der Waals surface area contributed by atoms with E-state index in [4.69, 9.17) is 0 Å². The zero-order chi connectivity index (χ0) is 28.2. The minimum atomic E-state index is -0.897. The van der Waals surface area contributed by atoms with Crippen molar-refractivity contribution in [2.24, 2.45) is 5.92 Å². The van der Waals surface area contributed by atoms with Crippen LogP contribution in [0.3, 0.4) is 0 Å². The van der Waals surface area contributed by atoms with Crippen LogP contribution in [0.5, 0.6) is 0 Å². The minimum absolute atomic E-state index is 0.0666. The first-order chi connectivity index (χ1) is 19.5. The van der Waals surface area contributed by atoms with Crippen molar-refractivity contribution >= 4 is 11.8 Å². The maximum Gasteiger partial charge on any atom is 0.248 e. The zero-order valence-electron chi connectivity index (χ0n) is 23.9. The Morgan fingerprint density at radius 2 is 1.57 bits per heavy atom. The molecular weight excluding hydrogens is 498 g/mol. The summed E-state index contributed by atoms with van der Waals surface area (Å²) in [7, 11) is 0. The SMILES string of the molecule is C=CC(c1ccccc1)(c1ccccc1)N1CCC2(CC1)C(=O)N[C@H]([C@H](O)C1CCCCC1)C(=O)N2CCCC. The van der Waals surface area contributed by atoms with E-state index in [0.717, 1.165) is 49.7 Å². The molecule has 2 saturated heterocycles. The van der Waals surface area contributed by atoms with E-state index in [9.17, 15) is 14.7 Å². The molecule has 0 radical (unpaired) electrons. The lowest BCUT2D eigenvalue weighted by molar-refractivity contribution is -0.166. The molecule has 2 N–H and O–H groups in total. The van der Waals surface area contributed by atoms with Gasteiger partial charge >= 0.3 is 0 Å². The fourth-order valence-electron chi connectivity index (χ4n) is 7.47. The maximum atomic E-state index is 14.0. The molecule has 2 aliphatic heterocycles. The number of aliphatic hydroxyl groups excluding tert-OH is 1. The average Bonchev–Trinajstić information content (AvgIpc) is 3.01. The summed E-state index contributed by atoms with van der Waals surface area (Å²) < 4.78 is 0. The molecule has 2 amide bonds. The zero-order valence-corrected chi connectivity index (χ0v) is 23.9. The van der Waals surface area contributed by atoms with Crippen molar-refractivity contribution in [1.29, 1.82) is 0 Å². The Kier molecular flexibility index (Phi) is 8.77. The molecule has 3 fully saturated rings. The van der Waals surface area contributed by atoms with Gasteiger partial charge in [0.05, 0.1) is 11.6 Å². The Balaban J connectivity index is 1.43. The summed E-state index contributed by atoms with van der Waals surface area (Å²) in [6.07, 6.45) is 9.19. The maximum absolute atomic E-state index is 14.0. The van der Waals surface area contributed by atoms with Crippen LogP contribution < -0.4 is 5.32 Å². The number of rotatable bonds is 9. The van der Waals surface area contributed by atoms with Crippen molar-refractivity contribution < 1.29 is 14.7 Å². The van der Waals surface area contributed by atoms with E-state index in [1.807, 2.05) is 23.1 Å². The van der Waals surface area contributed by atoms with E-state index in [1.54, 1.807) is 0 Å². The molecule has 1 aliphatic carbocycles. The van der Waals surface area contributed by atoms with Gasteiger partial charge in [0.2, 0.25) is 11.8 Å². The number of benzene rings is 2. The number of unbranched alkanes of at least 4 members (excludes halogenated alkanes) is 1. The van der Waals surface area contributed by atoms with Crippen molar-refractivity contribution in [2.75, 3.05) is 19.6 Å². The topological polar surface area (TPSA) is 72.9 Å². The minimum Gasteiger partial charge on any atom is -0.390 e. The first-order valence-corrected chi connectivity index (χ1v) is 15.3. The Morgan fingerprint density at radius 1 is 1.00 bits per heavy atom. The standard InChI is InChI=1S/C34H45N3O3/c1-3-5-23-37-31(39)29(30(38)26-15-9-6-10-16-26)35-32(40)33(37)21-24-36(25-22-33)34(4-2,27-17-11-7-12-18-27)28-19-13-8-14-20-28/h4,7-8,11-14,17-20,26,29-30,38H,2-3,5-6,9-10,15-16,21-25H2,1H3,(H,35,40)/t29-,30-/m1/s1. The highest BCUT2D eigenvalue weighted by Crippen LogP contribution is 2.43. The molecule has 3 aliphatic rings. The Hall–Kier alpha value is -2.96. The Labute approximate surface area is 239 Å². The monoisotopic (exact) mass is 543 g/mol. The van der Waals surface area contributed by atoms with Crippen LogP contribution in [0.1, 0.15) is 75.8 Å². The van der Waals surface area contributed by atoms with Crippen LogP contribution in [0.4, 0.5) is 0 Å². The number of piperazine rings is 1. The van der Waals surface area contributed by atoms with Crippen LogP contribution in [0, 0.1) is 5.92 Å². The van der Waals surface area contributed by atoms with Gasteiger partial charge in [-0.2, -0.15) is 0 Å². The molecule has 2 heterocycles. The van der Waals surface area contributed by atoms with E-state index < -0.39 is 23.2 Å². The molecule has 5 rings (SSSR count). The average molecular weight is 544 g/mol. The van der Waals surface area contributed by atoms with E-state index >= 15 is 0 Å². The van der Waals surface area contributed by atoms with Crippen LogP contribution in [0.25, 0.3) is 0 Å². The van der Waals surface area contributed by atoms with E-state index in [-0.39, 0.29) is 17.7 Å². The predicted molar refractivity (Wildman–Crippen MR) is 159 cm³/mol. The lowest BCUT2D eigenvalue weighted by Gasteiger charge is -2.55. The number of nitrogens with one attached hydrogen (secondary N) is 1. The number of carbonyl (C=O) groups is 2. The Morgan fingerprint density at radius 3 is 2.10 bits per heavy atom. The lowest BCUT2D eigenvalue weighted by Crippen LogP contribution is -2.75. The highest BCUT2D eigenvalue weighted by atomic mass is 16.3. The van der Waals surface area contributed by atoms with Crippen molar-refractivity contribution in [3.63, 3.8) is 0 Å². The first kappa shape index (κ1) is 28.6. The molecular formula is C34H45N3O3. The van der Waals surface area contributed by atoms with E-state index in [0.29, 0.717) is 32.5 Å². The number of piperidine rings is 1. The quantitative estimate of drug-likeness (QED) is 0.436. The molecule has 0 aromatic heterocycles. The molecule has 2 aromatic carbocycles. The van der Waals surface area contributed by atoms with Gasteiger partial charge in [-0.3, -0.25) is 14.5 Å². The summed E-state index contributed by atoms with van der Waals surface area (Å²) in [5.74, 6) is -0.149. The van der Waals surface area contributed by atoms with Gasteiger partial charge in [0.25, 0.3) is 0 Å². The van der Waals surface area contributed by atoms with Crippen LogP contribution in [-0.2, 0) is 15.1 Å². The van der Waals surface area contributed by atoms with Gasteiger partial charge in [-0.25, -0.2) is 0 Å². The normalized spacial score (nSPS) is 23.1. The third-order valence-electron chi connectivity index (χ3n) is 9.78. The van der Waals surface area contributed by atoms with Crippen LogP contribution in [0.15, 0.2) is 73.3 Å². The largest absolute Gasteiger partial charge is 0.390 e. The lowest BCUT2D eigenvalue weighted by atomic mass is 9.75. The highest BCUT2D eigenvalue weighted by Gasteiger charge is 2.56. The van der Waals surface area contributed by atoms with Crippen LogP contribution in [-0.4, -0.2) is 64.0 Å². The van der Waals surface area contributed by atoms with Gasteiger partial charge in [0.1, 0.15) is 11.6 Å². The summed E-state index contributed by atoms with van der Waals surface area (Å²) in [6, 6.07) is 20.0. The van der Waals surface area contributed by atoms with Crippen molar-refractivity contribution in [3.8, 4) is 0 Å². The molecule has 6 heteroatoms. The number of hydrogen-bond donors (Lipinski definition) is 2. The third-order valence-corrected chi connectivity index (χ3v) is 9.78. The van der Waals surface area contributed by atoms with Crippen LogP contribution >= 0.6 is 0 Å². The summed E-state index contributed by atoms with van der Waals surface area (Å²) in [6.45, 7) is 8.23. The number of carbonyl (C=O) groups excluding carboxylic acids is 2. The van der Waals surface area contributed by atoms with Crippen molar-refractivity contribution in [1.82, 2.24) is 15.1 Å². The van der Waals surface area contributed by atoms with Crippen molar-refractivity contribution in [3.05, 3.63) is 84.4 Å². The number of hydrogen-bond acceptors (Lipinski definition) is 4. The smallest absolute Gasteiger partial charge is 0.248 e. The summed E-state index contributed by atoms with van der Waals surface area (Å²) in [5, 5.41) is 14.3. The van der Waals surface area contributed by atoms with E-state index in [1.165, 1.54) is 6.42 Å². The second-order valence-corrected chi connectivity index (χ2v) is 11.9. The molecule has 0 unspecified atom stereocenters. The van der Waals surface area contributed by atoms with Gasteiger partial charge in [-0.15, -0.1) is 6.58 Å². The van der Waals surface area contributed by atoms with Gasteiger partial charge < -0.3 is 15.3 Å². The van der Waals surface area contributed by atoms with Gasteiger partial charge in [-0.05, 0) is 49.1 Å². The molecule has 6 nitrogen and oxygen atoms in total. The summed E-state index contributed by atoms with van der Waals surface area (Å²) in [4.78, 5) is 32.3. The summed E-state index contributed by atoms with van der Waals surface area (Å²) >= 11 is 0. The molecule has 214 valence electrons. The number of likely N-dealkylation sites (tertiary alicyclic amines) is 1. The molecule has 40 heavy (non-hydrogen) atoms. The molecule has 1 saturated carbocycles. The van der Waals surface area contributed by atoms with Crippen molar-refractivity contribution in [2.45, 2.75) is 87.9 Å². The van der Waals surface area contributed by atoms with Gasteiger partial charge in [0, 0.05) is 19.6 Å². The van der Waals surface area contributed by atoms with E-state index in [2.05, 4.69) is 72.3 Å². The van der Waals surface area contributed by atoms with Crippen LogP contribution in [0.2, 0.25) is 0 Å². The van der Waals surface area contributed by atoms with Gasteiger partial charge in [-0.1, -0.05) is 99.3 Å². The predicted octanol–water partition coefficient (Wildman–Crippen LogP) is 5.02. The Bertz CT molecular complexity index is 1110. The first-order valence-electron chi connectivity index (χ1n) is 15.3. The molecule has 1 spiro atoms. The molecule has 2 aromatic rings. The second-order valence-electron chi connectivity index (χ2n) is 11.9. The number of nitrogens with zero attached hydrogens (tertiary/aromatic N) is 2. The fourth-order valence-corrected chi connectivity index (χ4v) is 7.47. The fraction of sp³-hybridized carbons (Fsp3) is 0.529. The summed E-state index contributed by atoms with van der Waals surface area (Å²) in [5.41, 5.74) is 0.823. The highest BCUT2D eigenvalue weighted by molar-refractivity contribution is 6.00. The number of amides is 2.